The molecular formula is C27H36F15NO3. The molecule has 0 aliphatic rings. The standard InChI is InChI=1S/C27H36F15NO3/c1-3-5-6-7-8-9-10-11-12-13-14-15-17-46-19(44)18(16-4-2)43-20(45)21(28,29)22(30,31)23(32,33)24(34,35)25(36,37)26(38,39)27(40,41)42/h4,18H,2-3,5-17H2,1H3,(H,43,45). The lowest BCUT2D eigenvalue weighted by Crippen LogP contribution is -2.74. The number of nitrogens with one attached hydrogen (secondary N) is 1. The van der Waals surface area contributed by atoms with Crippen LogP contribution in [0.1, 0.15) is 90.4 Å². The van der Waals surface area contributed by atoms with E-state index in [1.807, 2.05) is 0 Å². The molecule has 0 radical (unpaired) electrons. The smallest absolute Gasteiger partial charge is 0.460 e. The zero-order valence-corrected chi connectivity index (χ0v) is 24.7. The van der Waals surface area contributed by atoms with E-state index >= 15 is 0 Å². The zero-order valence-electron chi connectivity index (χ0n) is 24.7. The van der Waals surface area contributed by atoms with Gasteiger partial charge in [0.25, 0.3) is 5.91 Å². The maximum Gasteiger partial charge on any atom is 0.460 e. The Kier molecular flexibility index (Phi) is 16.3. The molecule has 19 heteroatoms. The van der Waals surface area contributed by atoms with Gasteiger partial charge < -0.3 is 10.1 Å². The summed E-state index contributed by atoms with van der Waals surface area (Å²) in [4.78, 5) is 24.0. The lowest BCUT2D eigenvalue weighted by Gasteiger charge is -2.41. The Hall–Kier alpha value is -2.37. The van der Waals surface area contributed by atoms with E-state index in [1.165, 1.54) is 12.8 Å². The highest BCUT2D eigenvalue weighted by atomic mass is 19.4. The highest BCUT2D eigenvalue weighted by Gasteiger charge is 2.94. The van der Waals surface area contributed by atoms with E-state index in [1.54, 1.807) is 0 Å². The Morgan fingerprint density at radius 1 is 0.609 bits per heavy atom. The van der Waals surface area contributed by atoms with Crippen LogP contribution in [0.3, 0.4) is 0 Å². The minimum absolute atomic E-state index is 0.198. The van der Waals surface area contributed by atoms with Gasteiger partial charge in [-0.15, -0.1) is 6.58 Å². The molecule has 0 spiro atoms. The van der Waals surface area contributed by atoms with Crippen molar-refractivity contribution in [2.45, 2.75) is 138 Å². The predicted molar refractivity (Wildman–Crippen MR) is 135 cm³/mol. The van der Waals surface area contributed by atoms with E-state index in [0.29, 0.717) is 18.9 Å². The second-order valence-corrected chi connectivity index (χ2v) is 10.6. The Labute approximate surface area is 255 Å². The van der Waals surface area contributed by atoms with Gasteiger partial charge in [0.1, 0.15) is 6.04 Å². The molecule has 0 fully saturated rings. The van der Waals surface area contributed by atoms with Gasteiger partial charge in [0, 0.05) is 0 Å². The topological polar surface area (TPSA) is 55.4 Å². The summed E-state index contributed by atoms with van der Waals surface area (Å²) in [5.41, 5.74) is 0. The van der Waals surface area contributed by atoms with E-state index in [9.17, 15) is 75.4 Å². The molecule has 0 saturated carbocycles. The molecule has 0 heterocycles. The molecule has 1 N–H and O–H groups in total. The largest absolute Gasteiger partial charge is 0.464 e. The zero-order chi connectivity index (χ0) is 36.3. The molecular weight excluding hydrogens is 671 g/mol. The number of esters is 1. The molecule has 272 valence electrons. The Bertz CT molecular complexity index is 969. The lowest BCUT2D eigenvalue weighted by molar-refractivity contribution is -0.449. The first-order valence-electron chi connectivity index (χ1n) is 14.2. The van der Waals surface area contributed by atoms with Crippen LogP contribution in [0.15, 0.2) is 12.7 Å². The fourth-order valence-electron chi connectivity index (χ4n) is 3.96. The van der Waals surface area contributed by atoms with E-state index in [-0.39, 0.29) is 6.42 Å². The maximum absolute atomic E-state index is 14.2. The van der Waals surface area contributed by atoms with Crippen molar-refractivity contribution in [3.8, 4) is 0 Å². The van der Waals surface area contributed by atoms with Gasteiger partial charge in [0.2, 0.25) is 0 Å². The summed E-state index contributed by atoms with van der Waals surface area (Å²) < 4.78 is 205. The van der Waals surface area contributed by atoms with Gasteiger partial charge in [-0.2, -0.15) is 65.9 Å². The van der Waals surface area contributed by atoms with Crippen molar-refractivity contribution in [1.29, 1.82) is 0 Å². The van der Waals surface area contributed by atoms with E-state index in [4.69, 9.17) is 4.74 Å². The first kappa shape index (κ1) is 43.6. The second kappa shape index (κ2) is 17.2. The van der Waals surface area contributed by atoms with Gasteiger partial charge in [0.05, 0.1) is 6.61 Å². The lowest BCUT2D eigenvalue weighted by atomic mass is 9.90. The van der Waals surface area contributed by atoms with Crippen molar-refractivity contribution < 1.29 is 80.2 Å². The Morgan fingerprint density at radius 3 is 1.37 bits per heavy atom. The van der Waals surface area contributed by atoms with Crippen LogP contribution < -0.4 is 5.32 Å². The fourth-order valence-corrected chi connectivity index (χ4v) is 3.96. The molecule has 0 aliphatic heterocycles. The molecule has 0 aromatic carbocycles. The summed E-state index contributed by atoms with van der Waals surface area (Å²) in [7, 11) is 0. The molecule has 0 aromatic rings. The van der Waals surface area contributed by atoms with E-state index < -0.39 is 72.7 Å². The number of hydrogen-bond acceptors (Lipinski definition) is 3. The van der Waals surface area contributed by atoms with Crippen LogP contribution in [-0.4, -0.2) is 66.2 Å². The van der Waals surface area contributed by atoms with Crippen LogP contribution in [-0.2, 0) is 14.3 Å². The predicted octanol–water partition coefficient (Wildman–Crippen LogP) is 9.67. The van der Waals surface area contributed by atoms with Gasteiger partial charge >= 0.3 is 47.7 Å². The van der Waals surface area contributed by atoms with Crippen molar-refractivity contribution in [3.63, 3.8) is 0 Å². The number of alkyl halides is 15. The van der Waals surface area contributed by atoms with Crippen LogP contribution in [0.25, 0.3) is 0 Å². The number of carbonyl (C=O) groups excluding carboxylic acids is 2. The van der Waals surface area contributed by atoms with Gasteiger partial charge in [-0.25, -0.2) is 4.79 Å². The molecule has 0 bridgehead atoms. The summed E-state index contributed by atoms with van der Waals surface area (Å²) in [6, 6.07) is -2.39. The first-order chi connectivity index (χ1) is 20.8. The fraction of sp³-hybridized carbons (Fsp3) is 0.852. The number of carbonyl (C=O) groups is 2. The van der Waals surface area contributed by atoms with Gasteiger partial charge in [-0.1, -0.05) is 83.6 Å². The van der Waals surface area contributed by atoms with Gasteiger partial charge in [-0.3, -0.25) is 4.79 Å². The minimum atomic E-state index is -8.53. The van der Waals surface area contributed by atoms with Gasteiger partial charge in [0.15, 0.2) is 0 Å². The highest BCUT2D eigenvalue weighted by molar-refractivity contribution is 5.89. The molecule has 46 heavy (non-hydrogen) atoms. The summed E-state index contributed by atoms with van der Waals surface area (Å²) >= 11 is 0. The summed E-state index contributed by atoms with van der Waals surface area (Å²) in [6.45, 7) is 4.76. The maximum atomic E-state index is 14.2. The second-order valence-electron chi connectivity index (χ2n) is 10.6. The molecule has 0 aromatic heterocycles. The highest BCUT2D eigenvalue weighted by Crippen LogP contribution is 2.62. The minimum Gasteiger partial charge on any atom is -0.464 e. The van der Waals surface area contributed by atoms with Crippen LogP contribution in [0.5, 0.6) is 0 Å². The monoisotopic (exact) mass is 707 g/mol. The summed E-state index contributed by atoms with van der Waals surface area (Å²) in [6.07, 6.45) is 3.09. The van der Waals surface area contributed by atoms with Crippen LogP contribution in [0.2, 0.25) is 0 Å². The Balaban J connectivity index is 5.35. The van der Waals surface area contributed by atoms with Crippen molar-refractivity contribution >= 4 is 11.9 Å². The van der Waals surface area contributed by atoms with E-state index in [0.717, 1.165) is 50.3 Å². The number of hydrogen-bond donors (Lipinski definition) is 1. The summed E-state index contributed by atoms with van der Waals surface area (Å²) in [5, 5.41) is 0.769. The molecule has 0 saturated heterocycles. The third kappa shape index (κ3) is 9.83. The average Bonchev–Trinajstić information content (AvgIpc) is 2.93. The Morgan fingerprint density at radius 2 is 0.978 bits per heavy atom. The summed E-state index contributed by atoms with van der Waals surface area (Å²) in [5.74, 6) is -54.0. The normalized spacial score (nSPS) is 14.6. The quantitative estimate of drug-likeness (QED) is 0.0498. The number of rotatable bonds is 23. The third-order valence-electron chi connectivity index (χ3n) is 6.85. The number of amides is 1. The van der Waals surface area contributed by atoms with Crippen LogP contribution >= 0.6 is 0 Å². The molecule has 4 nitrogen and oxygen atoms in total. The molecule has 0 aliphatic carbocycles. The molecule has 1 amide bonds. The van der Waals surface area contributed by atoms with Crippen molar-refractivity contribution in [1.82, 2.24) is 5.32 Å². The first-order valence-corrected chi connectivity index (χ1v) is 14.2. The number of unbranched alkanes of at least 4 members (excludes halogenated alkanes) is 11. The molecule has 1 unspecified atom stereocenters. The van der Waals surface area contributed by atoms with Crippen molar-refractivity contribution in [2.75, 3.05) is 6.61 Å². The number of halogens is 15. The third-order valence-corrected chi connectivity index (χ3v) is 6.85. The average molecular weight is 708 g/mol. The SMILES string of the molecule is C=CCC(NC(=O)C(F)(F)C(F)(F)C(F)(F)C(F)(F)C(F)(F)C(F)(F)C(F)(F)F)C(=O)OCCCCCCCCCCCCCC. The van der Waals surface area contributed by atoms with Crippen molar-refractivity contribution in [2.24, 2.45) is 0 Å². The molecule has 1 atom stereocenters. The van der Waals surface area contributed by atoms with Crippen LogP contribution in [0.4, 0.5) is 65.9 Å². The van der Waals surface area contributed by atoms with Gasteiger partial charge in [-0.05, 0) is 12.8 Å². The van der Waals surface area contributed by atoms with Crippen molar-refractivity contribution in [3.05, 3.63) is 12.7 Å². The molecule has 0 rings (SSSR count). The number of ether oxygens (including phenoxy) is 1. The van der Waals surface area contributed by atoms with Crippen LogP contribution in [0, 0.1) is 0 Å². The van der Waals surface area contributed by atoms with E-state index in [2.05, 4.69) is 13.5 Å².